The van der Waals surface area contributed by atoms with Gasteiger partial charge < -0.3 is 14.8 Å². The van der Waals surface area contributed by atoms with E-state index in [1.165, 1.54) is 19.1 Å². The van der Waals surface area contributed by atoms with Gasteiger partial charge in [0.05, 0.1) is 11.2 Å². The van der Waals surface area contributed by atoms with Crippen molar-refractivity contribution >= 4 is 34.4 Å². The minimum absolute atomic E-state index is 0.152. The predicted octanol–water partition coefficient (Wildman–Crippen LogP) is 4.26. The molecule has 0 atom stereocenters. The van der Waals surface area contributed by atoms with Crippen molar-refractivity contribution in [3.05, 3.63) is 60.4 Å². The SMILES string of the molecule is CC(=O)Nc1nc(Nc2ccc3c(c2)OCO3)c2nc(-c3ccc(F)cc3)ccc2n1. The first kappa shape index (κ1) is 18.7. The van der Waals surface area contributed by atoms with Crippen molar-refractivity contribution in [1.29, 1.82) is 0 Å². The Morgan fingerprint density at radius 1 is 0.968 bits per heavy atom. The van der Waals surface area contributed by atoms with Crippen LogP contribution in [-0.4, -0.2) is 27.7 Å². The highest BCUT2D eigenvalue weighted by molar-refractivity contribution is 5.93. The Bertz CT molecular complexity index is 1310. The van der Waals surface area contributed by atoms with Gasteiger partial charge in [0.1, 0.15) is 11.3 Å². The molecule has 1 amide bonds. The van der Waals surface area contributed by atoms with E-state index in [1.807, 2.05) is 6.07 Å². The summed E-state index contributed by atoms with van der Waals surface area (Å²) in [6.07, 6.45) is 0. The van der Waals surface area contributed by atoms with Gasteiger partial charge in [-0.25, -0.2) is 14.4 Å². The molecule has 0 spiro atoms. The minimum atomic E-state index is -0.321. The van der Waals surface area contributed by atoms with Gasteiger partial charge in [0.25, 0.3) is 0 Å². The molecular formula is C22H16FN5O3. The van der Waals surface area contributed by atoms with Crippen molar-refractivity contribution in [2.75, 3.05) is 17.4 Å². The van der Waals surface area contributed by atoms with E-state index in [0.29, 0.717) is 39.7 Å². The van der Waals surface area contributed by atoms with Crippen molar-refractivity contribution in [2.45, 2.75) is 6.92 Å². The molecule has 2 aromatic heterocycles. The Hall–Kier alpha value is -4.27. The third-order valence-corrected chi connectivity index (χ3v) is 4.61. The van der Waals surface area contributed by atoms with Crippen molar-refractivity contribution in [1.82, 2.24) is 15.0 Å². The number of hydrogen-bond donors (Lipinski definition) is 2. The van der Waals surface area contributed by atoms with Crippen LogP contribution in [0.25, 0.3) is 22.3 Å². The topological polar surface area (TPSA) is 98.3 Å². The fraction of sp³-hybridized carbons (Fsp3) is 0.0909. The summed E-state index contributed by atoms with van der Waals surface area (Å²) in [5, 5.41) is 5.82. The zero-order valence-electron chi connectivity index (χ0n) is 16.3. The summed E-state index contributed by atoms with van der Waals surface area (Å²) in [5.74, 6) is 1.22. The molecule has 8 nitrogen and oxygen atoms in total. The molecule has 0 bridgehead atoms. The number of pyridine rings is 1. The van der Waals surface area contributed by atoms with Crippen molar-refractivity contribution in [2.24, 2.45) is 0 Å². The second-order valence-corrected chi connectivity index (χ2v) is 6.84. The summed E-state index contributed by atoms with van der Waals surface area (Å²) in [4.78, 5) is 25.0. The van der Waals surface area contributed by atoms with Crippen molar-refractivity contribution < 1.29 is 18.7 Å². The van der Waals surface area contributed by atoms with E-state index in [4.69, 9.17) is 9.47 Å². The highest BCUT2D eigenvalue weighted by atomic mass is 19.1. The number of fused-ring (bicyclic) bond motifs is 2. The van der Waals surface area contributed by atoms with E-state index in [-0.39, 0.29) is 24.5 Å². The van der Waals surface area contributed by atoms with Crippen LogP contribution in [0.4, 0.5) is 21.8 Å². The lowest BCUT2D eigenvalue weighted by Crippen LogP contribution is -2.11. The summed E-state index contributed by atoms with van der Waals surface area (Å²) < 4.78 is 24.1. The lowest BCUT2D eigenvalue weighted by atomic mass is 10.1. The van der Waals surface area contributed by atoms with E-state index in [9.17, 15) is 9.18 Å². The zero-order valence-corrected chi connectivity index (χ0v) is 16.3. The first-order valence-electron chi connectivity index (χ1n) is 9.44. The Morgan fingerprint density at radius 2 is 1.77 bits per heavy atom. The van der Waals surface area contributed by atoms with Gasteiger partial charge in [-0.1, -0.05) is 0 Å². The Kier molecular flexibility index (Phi) is 4.55. The maximum absolute atomic E-state index is 13.3. The molecular weight excluding hydrogens is 401 g/mol. The standard InChI is InChI=1S/C22H16FN5O3/c1-12(29)24-22-27-17-8-7-16(13-2-4-14(23)5-3-13)26-20(17)21(28-22)25-15-6-9-18-19(10-15)31-11-30-18/h2-10H,11H2,1H3,(H2,24,25,27,28,29). The largest absolute Gasteiger partial charge is 0.454 e. The predicted molar refractivity (Wildman–Crippen MR) is 113 cm³/mol. The van der Waals surface area contributed by atoms with Crippen LogP contribution in [0.2, 0.25) is 0 Å². The smallest absolute Gasteiger partial charge is 0.232 e. The Labute approximate surface area is 176 Å². The number of carbonyl (C=O) groups excluding carboxylic acids is 1. The molecule has 9 heteroatoms. The first-order chi connectivity index (χ1) is 15.0. The van der Waals surface area contributed by atoms with E-state index >= 15 is 0 Å². The van der Waals surface area contributed by atoms with Crippen LogP contribution in [0.1, 0.15) is 6.92 Å². The molecule has 0 saturated carbocycles. The molecule has 0 fully saturated rings. The molecule has 0 radical (unpaired) electrons. The highest BCUT2D eigenvalue weighted by Gasteiger charge is 2.16. The molecule has 154 valence electrons. The quantitative estimate of drug-likeness (QED) is 0.512. The van der Waals surface area contributed by atoms with Gasteiger partial charge in [0, 0.05) is 24.2 Å². The number of nitrogens with one attached hydrogen (secondary N) is 2. The van der Waals surface area contributed by atoms with E-state index in [2.05, 4.69) is 25.6 Å². The zero-order chi connectivity index (χ0) is 21.4. The van der Waals surface area contributed by atoms with Gasteiger partial charge in [-0.15, -0.1) is 0 Å². The number of hydrogen-bond acceptors (Lipinski definition) is 7. The van der Waals surface area contributed by atoms with Gasteiger partial charge in [-0.2, -0.15) is 4.98 Å². The number of halogens is 1. The number of amides is 1. The van der Waals surface area contributed by atoms with Crippen LogP contribution in [0.5, 0.6) is 11.5 Å². The fourth-order valence-electron chi connectivity index (χ4n) is 3.21. The summed E-state index contributed by atoms with van der Waals surface area (Å²) in [5.41, 5.74) is 3.12. The molecule has 4 aromatic rings. The van der Waals surface area contributed by atoms with Crippen LogP contribution in [0.15, 0.2) is 54.6 Å². The molecule has 2 N–H and O–H groups in total. The maximum atomic E-state index is 13.3. The molecule has 2 aromatic carbocycles. The van der Waals surface area contributed by atoms with Crippen LogP contribution in [0, 0.1) is 5.82 Å². The molecule has 1 aliphatic rings. The van der Waals surface area contributed by atoms with Gasteiger partial charge >= 0.3 is 0 Å². The van der Waals surface area contributed by atoms with Crippen molar-refractivity contribution in [3.63, 3.8) is 0 Å². The van der Waals surface area contributed by atoms with Crippen LogP contribution in [-0.2, 0) is 4.79 Å². The summed E-state index contributed by atoms with van der Waals surface area (Å²) in [6.45, 7) is 1.55. The van der Waals surface area contributed by atoms with Gasteiger partial charge in [-0.05, 0) is 48.5 Å². The van der Waals surface area contributed by atoms with Crippen LogP contribution < -0.4 is 20.1 Å². The summed E-state index contributed by atoms with van der Waals surface area (Å²) in [7, 11) is 0. The number of nitrogens with zero attached hydrogens (tertiary/aromatic N) is 3. The average Bonchev–Trinajstić information content (AvgIpc) is 3.21. The lowest BCUT2D eigenvalue weighted by molar-refractivity contribution is -0.114. The van der Waals surface area contributed by atoms with E-state index in [0.717, 1.165) is 5.56 Å². The molecule has 0 aliphatic carbocycles. The average molecular weight is 417 g/mol. The first-order valence-corrected chi connectivity index (χ1v) is 9.44. The molecule has 5 rings (SSSR count). The number of rotatable bonds is 4. The molecule has 3 heterocycles. The lowest BCUT2D eigenvalue weighted by Gasteiger charge is -2.12. The maximum Gasteiger partial charge on any atom is 0.232 e. The number of benzene rings is 2. The minimum Gasteiger partial charge on any atom is -0.454 e. The monoisotopic (exact) mass is 417 g/mol. The van der Waals surface area contributed by atoms with E-state index < -0.39 is 0 Å². The summed E-state index contributed by atoms with van der Waals surface area (Å²) >= 11 is 0. The van der Waals surface area contributed by atoms with E-state index in [1.54, 1.807) is 36.4 Å². The molecule has 1 aliphatic heterocycles. The fourth-order valence-corrected chi connectivity index (χ4v) is 3.21. The van der Waals surface area contributed by atoms with Gasteiger partial charge in [0.2, 0.25) is 18.6 Å². The van der Waals surface area contributed by atoms with Crippen LogP contribution >= 0.6 is 0 Å². The van der Waals surface area contributed by atoms with Crippen molar-refractivity contribution in [3.8, 4) is 22.8 Å². The third kappa shape index (κ3) is 3.80. The Morgan fingerprint density at radius 3 is 2.58 bits per heavy atom. The number of carbonyl (C=O) groups is 1. The Balaban J connectivity index is 1.60. The number of aromatic nitrogens is 3. The normalized spacial score (nSPS) is 12.1. The second-order valence-electron chi connectivity index (χ2n) is 6.84. The highest BCUT2D eigenvalue weighted by Crippen LogP contribution is 2.36. The van der Waals surface area contributed by atoms with Gasteiger partial charge in [-0.3, -0.25) is 10.1 Å². The third-order valence-electron chi connectivity index (χ3n) is 4.61. The van der Waals surface area contributed by atoms with Gasteiger partial charge in [0.15, 0.2) is 17.3 Å². The summed E-state index contributed by atoms with van der Waals surface area (Å²) in [6, 6.07) is 15.0. The molecule has 31 heavy (non-hydrogen) atoms. The van der Waals surface area contributed by atoms with Crippen LogP contribution in [0.3, 0.4) is 0 Å². The number of ether oxygens (including phenoxy) is 2. The molecule has 0 unspecified atom stereocenters. The number of anilines is 3. The second kappa shape index (κ2) is 7.52. The molecule has 0 saturated heterocycles.